The molecule has 2 N–H and O–H groups in total. The van der Waals surface area contributed by atoms with E-state index in [-0.39, 0.29) is 12.3 Å². The van der Waals surface area contributed by atoms with E-state index in [9.17, 15) is 4.79 Å². The molecule has 0 aliphatic carbocycles. The van der Waals surface area contributed by atoms with E-state index in [1.54, 1.807) is 24.3 Å². The predicted molar refractivity (Wildman–Crippen MR) is 95.3 cm³/mol. The van der Waals surface area contributed by atoms with E-state index >= 15 is 0 Å². The maximum absolute atomic E-state index is 12.3. The zero-order chi connectivity index (χ0) is 16.6. The van der Waals surface area contributed by atoms with Crippen LogP contribution in [0.15, 0.2) is 42.5 Å². The Morgan fingerprint density at radius 2 is 1.83 bits per heavy atom. The molecule has 0 aliphatic heterocycles. The number of Topliss-reactive ketones (excluding diaryl/α,β-unsaturated/α-hetero) is 1. The van der Waals surface area contributed by atoms with Crippen molar-refractivity contribution in [1.29, 1.82) is 0 Å². The number of carbonyl (C=O) groups is 1. The van der Waals surface area contributed by atoms with Gasteiger partial charge in [0.2, 0.25) is 0 Å². The van der Waals surface area contributed by atoms with Crippen LogP contribution in [0.3, 0.4) is 0 Å². The number of pyridine rings is 1. The van der Waals surface area contributed by atoms with E-state index in [2.05, 4.69) is 0 Å². The van der Waals surface area contributed by atoms with Crippen molar-refractivity contribution in [2.75, 3.05) is 6.54 Å². The van der Waals surface area contributed by atoms with Gasteiger partial charge in [-0.3, -0.25) is 4.79 Å². The highest BCUT2D eigenvalue weighted by Crippen LogP contribution is 2.30. The fourth-order valence-electron chi connectivity index (χ4n) is 2.51. The van der Waals surface area contributed by atoms with Crippen LogP contribution in [0, 0.1) is 6.92 Å². The highest BCUT2D eigenvalue weighted by atomic mass is 35.5. The molecule has 0 aliphatic rings. The Labute approximate surface area is 144 Å². The lowest BCUT2D eigenvalue weighted by atomic mass is 9.99. The van der Waals surface area contributed by atoms with Crippen molar-refractivity contribution in [2.24, 2.45) is 5.73 Å². The van der Waals surface area contributed by atoms with Crippen LogP contribution in [0.4, 0.5) is 0 Å². The third-order valence-corrected chi connectivity index (χ3v) is 4.46. The number of aryl methyl sites for hydroxylation is 1. The van der Waals surface area contributed by atoms with Crippen LogP contribution >= 0.6 is 23.2 Å². The van der Waals surface area contributed by atoms with Crippen LogP contribution < -0.4 is 5.73 Å². The lowest BCUT2D eigenvalue weighted by Gasteiger charge is -2.11. The Morgan fingerprint density at radius 1 is 1.13 bits per heavy atom. The summed E-state index contributed by atoms with van der Waals surface area (Å²) in [4.78, 5) is 16.9. The van der Waals surface area contributed by atoms with Crippen LogP contribution in [0.2, 0.25) is 10.0 Å². The van der Waals surface area contributed by atoms with E-state index in [4.69, 9.17) is 33.9 Å². The zero-order valence-corrected chi connectivity index (χ0v) is 13.9. The number of carbonyl (C=O) groups excluding carboxylic acids is 1. The summed E-state index contributed by atoms with van der Waals surface area (Å²) >= 11 is 12.1. The van der Waals surface area contributed by atoms with Crippen molar-refractivity contribution >= 4 is 39.9 Å². The number of aromatic nitrogens is 1. The van der Waals surface area contributed by atoms with Crippen molar-refractivity contribution < 1.29 is 4.79 Å². The Kier molecular flexibility index (Phi) is 4.35. The number of hydrogen-bond donors (Lipinski definition) is 1. The molecule has 23 heavy (non-hydrogen) atoms. The van der Waals surface area contributed by atoms with E-state index in [1.807, 2.05) is 25.1 Å². The minimum atomic E-state index is -0.130. The Hall–Kier alpha value is -1.94. The molecular formula is C18H14Cl2N2O. The Morgan fingerprint density at radius 3 is 2.48 bits per heavy atom. The molecule has 3 nitrogen and oxygen atoms in total. The Bertz CT molecular complexity index is 905. The summed E-state index contributed by atoms with van der Waals surface area (Å²) in [5.74, 6) is -0.130. The molecule has 0 radical (unpaired) electrons. The maximum atomic E-state index is 12.3. The van der Waals surface area contributed by atoms with Crippen molar-refractivity contribution in [1.82, 2.24) is 4.98 Å². The summed E-state index contributed by atoms with van der Waals surface area (Å²) in [5, 5.41) is 2.02. The van der Waals surface area contributed by atoms with Gasteiger partial charge in [0.05, 0.1) is 17.8 Å². The van der Waals surface area contributed by atoms with Gasteiger partial charge in [-0.25, -0.2) is 4.98 Å². The lowest BCUT2D eigenvalue weighted by Crippen LogP contribution is -2.14. The fraction of sp³-hybridized carbons (Fsp3) is 0.111. The first kappa shape index (κ1) is 15.9. The van der Waals surface area contributed by atoms with E-state index < -0.39 is 0 Å². The second-order valence-corrected chi connectivity index (χ2v) is 6.10. The van der Waals surface area contributed by atoms with Crippen molar-refractivity contribution in [3.8, 4) is 11.3 Å². The highest BCUT2D eigenvalue weighted by molar-refractivity contribution is 6.32. The van der Waals surface area contributed by atoms with E-state index in [0.29, 0.717) is 26.8 Å². The van der Waals surface area contributed by atoms with Gasteiger partial charge in [0, 0.05) is 26.6 Å². The predicted octanol–water partition coefficient (Wildman–Crippen LogP) is 4.66. The fourth-order valence-corrected chi connectivity index (χ4v) is 2.79. The molecule has 1 aromatic heterocycles. The molecule has 0 saturated heterocycles. The number of fused-ring (bicyclic) bond motifs is 1. The molecule has 0 amide bonds. The van der Waals surface area contributed by atoms with E-state index in [1.165, 1.54) is 0 Å². The number of benzene rings is 2. The first-order chi connectivity index (χ1) is 11.0. The van der Waals surface area contributed by atoms with Crippen LogP contribution in [0.5, 0.6) is 0 Å². The number of hydrogen-bond acceptors (Lipinski definition) is 3. The first-order valence-corrected chi connectivity index (χ1v) is 7.86. The molecular weight excluding hydrogens is 331 g/mol. The van der Waals surface area contributed by atoms with Crippen LogP contribution in [-0.4, -0.2) is 17.3 Å². The van der Waals surface area contributed by atoms with E-state index in [0.717, 1.165) is 16.5 Å². The molecule has 0 fully saturated rings. The van der Waals surface area contributed by atoms with Crippen molar-refractivity contribution in [2.45, 2.75) is 6.92 Å². The molecule has 0 bridgehead atoms. The lowest BCUT2D eigenvalue weighted by molar-refractivity contribution is 0.100. The normalized spacial score (nSPS) is 11.0. The van der Waals surface area contributed by atoms with Gasteiger partial charge in [0.1, 0.15) is 0 Å². The maximum Gasteiger partial charge on any atom is 0.177 e. The molecule has 0 atom stereocenters. The molecule has 116 valence electrons. The minimum absolute atomic E-state index is 0.0547. The summed E-state index contributed by atoms with van der Waals surface area (Å²) in [7, 11) is 0. The number of ketones is 1. The summed E-state index contributed by atoms with van der Waals surface area (Å²) < 4.78 is 0. The summed E-state index contributed by atoms with van der Waals surface area (Å²) in [5.41, 5.74) is 9.23. The van der Waals surface area contributed by atoms with Gasteiger partial charge in [-0.15, -0.1) is 0 Å². The number of rotatable bonds is 3. The first-order valence-electron chi connectivity index (χ1n) is 7.10. The standard InChI is InChI=1S/C18H14Cl2N2O/c1-10-15(20)7-6-13-14(17(23)9-21)8-16(22-18(10)13)11-2-4-12(19)5-3-11/h2-8H,9,21H2,1H3. The molecule has 1 heterocycles. The van der Waals surface area contributed by atoms with Gasteiger partial charge in [-0.1, -0.05) is 41.4 Å². The van der Waals surface area contributed by atoms with Crippen molar-refractivity contribution in [3.63, 3.8) is 0 Å². The summed E-state index contributed by atoms with van der Waals surface area (Å²) in [6, 6.07) is 12.7. The molecule has 0 spiro atoms. The van der Waals surface area contributed by atoms with Gasteiger partial charge in [0.25, 0.3) is 0 Å². The van der Waals surface area contributed by atoms with Gasteiger partial charge >= 0.3 is 0 Å². The topological polar surface area (TPSA) is 56.0 Å². The smallest absolute Gasteiger partial charge is 0.177 e. The SMILES string of the molecule is Cc1c(Cl)ccc2c(C(=O)CN)cc(-c3ccc(Cl)cc3)nc12. The average molecular weight is 345 g/mol. The molecule has 0 saturated carbocycles. The molecule has 3 aromatic rings. The largest absolute Gasteiger partial charge is 0.324 e. The molecule has 5 heteroatoms. The molecule has 2 aromatic carbocycles. The zero-order valence-electron chi connectivity index (χ0n) is 12.4. The van der Waals surface area contributed by atoms with Gasteiger partial charge in [-0.05, 0) is 36.8 Å². The van der Waals surface area contributed by atoms with Gasteiger partial charge in [-0.2, -0.15) is 0 Å². The second-order valence-electron chi connectivity index (χ2n) is 5.26. The molecule has 0 unspecified atom stereocenters. The van der Waals surface area contributed by atoms with Gasteiger partial charge in [0.15, 0.2) is 5.78 Å². The minimum Gasteiger partial charge on any atom is -0.324 e. The highest BCUT2D eigenvalue weighted by Gasteiger charge is 2.15. The monoisotopic (exact) mass is 344 g/mol. The average Bonchev–Trinajstić information content (AvgIpc) is 2.57. The number of halogens is 2. The Balaban J connectivity index is 2.33. The summed E-state index contributed by atoms with van der Waals surface area (Å²) in [6.07, 6.45) is 0. The second kappa shape index (κ2) is 6.28. The van der Waals surface area contributed by atoms with Crippen LogP contribution in [0.1, 0.15) is 15.9 Å². The quantitative estimate of drug-likeness (QED) is 0.703. The third kappa shape index (κ3) is 2.95. The number of nitrogens with two attached hydrogens (primary N) is 1. The van der Waals surface area contributed by atoms with Crippen molar-refractivity contribution in [3.05, 3.63) is 63.6 Å². The van der Waals surface area contributed by atoms with Crippen LogP contribution in [-0.2, 0) is 0 Å². The molecule has 3 rings (SSSR count). The summed E-state index contributed by atoms with van der Waals surface area (Å²) in [6.45, 7) is 1.83. The number of nitrogens with zero attached hydrogens (tertiary/aromatic N) is 1. The third-order valence-electron chi connectivity index (χ3n) is 3.79. The van der Waals surface area contributed by atoms with Crippen LogP contribution in [0.25, 0.3) is 22.2 Å². The van der Waals surface area contributed by atoms with Gasteiger partial charge < -0.3 is 5.73 Å².